The van der Waals surface area contributed by atoms with E-state index in [1.165, 1.54) is 26.2 Å². The number of para-hydroxylation sites is 1. The van der Waals surface area contributed by atoms with Crippen LogP contribution in [0.25, 0.3) is 10.9 Å². The van der Waals surface area contributed by atoms with Crippen molar-refractivity contribution >= 4 is 22.7 Å². The van der Waals surface area contributed by atoms with Crippen LogP contribution in [-0.4, -0.2) is 28.9 Å². The van der Waals surface area contributed by atoms with Crippen LogP contribution in [-0.2, 0) is 16.0 Å². The first-order valence-electron chi connectivity index (χ1n) is 9.72. The number of aromatic amines is 1. The molecule has 2 saturated carbocycles. The fourth-order valence-corrected chi connectivity index (χ4v) is 4.35. The molecule has 1 aromatic heterocycles. The van der Waals surface area contributed by atoms with Crippen LogP contribution >= 0.6 is 0 Å². The standard InChI is InChI=1S/C21H27N3O2/c1-13(25)23-20(11-16-12-22-19-8-3-2-7-18(16)19)21(26)24-17-9-15(10-17)14-5-4-6-14/h2-3,7-8,12,14-15,17,20,22H,4-6,9-11H2,1H3,(H,23,25)(H,24,26). The number of benzene rings is 1. The first-order valence-corrected chi connectivity index (χ1v) is 9.72. The van der Waals surface area contributed by atoms with Gasteiger partial charge in [-0.15, -0.1) is 0 Å². The van der Waals surface area contributed by atoms with Gasteiger partial charge in [-0.2, -0.15) is 0 Å². The van der Waals surface area contributed by atoms with Gasteiger partial charge in [-0.1, -0.05) is 37.5 Å². The minimum Gasteiger partial charge on any atom is -0.361 e. The summed E-state index contributed by atoms with van der Waals surface area (Å²) in [6.07, 6.45) is 8.71. The summed E-state index contributed by atoms with van der Waals surface area (Å²) in [5.41, 5.74) is 2.10. The van der Waals surface area contributed by atoms with Gasteiger partial charge in [0.05, 0.1) is 0 Å². The first kappa shape index (κ1) is 17.1. The molecule has 1 atom stereocenters. The zero-order chi connectivity index (χ0) is 18.1. The highest BCUT2D eigenvalue weighted by molar-refractivity contribution is 5.89. The number of carbonyl (C=O) groups excluding carboxylic acids is 2. The summed E-state index contributed by atoms with van der Waals surface area (Å²) in [7, 11) is 0. The molecular weight excluding hydrogens is 326 g/mol. The molecule has 2 fully saturated rings. The number of amides is 2. The SMILES string of the molecule is CC(=O)NC(Cc1c[nH]c2ccccc12)C(=O)NC1CC(C2CCC2)C1. The summed E-state index contributed by atoms with van der Waals surface area (Å²) < 4.78 is 0. The Kier molecular flexibility index (Phi) is 4.70. The lowest BCUT2D eigenvalue weighted by Crippen LogP contribution is -2.54. The lowest BCUT2D eigenvalue weighted by molar-refractivity contribution is -0.129. The molecule has 3 N–H and O–H groups in total. The minimum absolute atomic E-state index is 0.0671. The fourth-order valence-electron chi connectivity index (χ4n) is 4.35. The summed E-state index contributed by atoms with van der Waals surface area (Å²) in [6.45, 7) is 1.46. The quantitative estimate of drug-likeness (QED) is 0.747. The fraction of sp³-hybridized carbons (Fsp3) is 0.524. The Labute approximate surface area is 153 Å². The normalized spacial score (nSPS) is 23.7. The number of carbonyl (C=O) groups is 2. The molecule has 5 nitrogen and oxygen atoms in total. The second-order valence-corrected chi connectivity index (χ2v) is 7.94. The molecule has 0 saturated heterocycles. The number of rotatable bonds is 6. The number of hydrogen-bond donors (Lipinski definition) is 3. The Hall–Kier alpha value is -2.30. The Balaban J connectivity index is 1.39. The first-order chi connectivity index (χ1) is 12.6. The molecule has 2 amide bonds. The maximum atomic E-state index is 12.8. The van der Waals surface area contributed by atoms with Gasteiger partial charge in [0.1, 0.15) is 6.04 Å². The van der Waals surface area contributed by atoms with Crippen molar-refractivity contribution in [1.82, 2.24) is 15.6 Å². The molecule has 0 bridgehead atoms. The van der Waals surface area contributed by atoms with Crippen molar-refractivity contribution in [3.05, 3.63) is 36.0 Å². The van der Waals surface area contributed by atoms with Crippen LogP contribution < -0.4 is 10.6 Å². The van der Waals surface area contributed by atoms with Crippen molar-refractivity contribution in [3.63, 3.8) is 0 Å². The van der Waals surface area contributed by atoms with E-state index < -0.39 is 6.04 Å². The van der Waals surface area contributed by atoms with Gasteiger partial charge >= 0.3 is 0 Å². The van der Waals surface area contributed by atoms with Crippen LogP contribution in [0.2, 0.25) is 0 Å². The molecule has 0 radical (unpaired) electrons. The summed E-state index contributed by atoms with van der Waals surface area (Å²) >= 11 is 0. The molecular formula is C21H27N3O2. The second kappa shape index (κ2) is 7.14. The molecule has 1 aromatic carbocycles. The zero-order valence-electron chi connectivity index (χ0n) is 15.3. The maximum absolute atomic E-state index is 12.8. The molecule has 5 heteroatoms. The van der Waals surface area contributed by atoms with Crippen LogP contribution in [0.3, 0.4) is 0 Å². The summed E-state index contributed by atoms with van der Waals surface area (Å²) in [5.74, 6) is 1.44. The predicted octanol–water partition coefficient (Wildman–Crippen LogP) is 2.91. The average Bonchev–Trinajstić information content (AvgIpc) is 2.93. The van der Waals surface area contributed by atoms with E-state index in [0.717, 1.165) is 41.1 Å². The third-order valence-electron chi connectivity index (χ3n) is 6.13. The number of aromatic nitrogens is 1. The van der Waals surface area contributed by atoms with Crippen LogP contribution in [0.1, 0.15) is 44.6 Å². The van der Waals surface area contributed by atoms with E-state index in [-0.39, 0.29) is 17.9 Å². The van der Waals surface area contributed by atoms with Crippen molar-refractivity contribution in [2.45, 2.75) is 57.5 Å². The lowest BCUT2D eigenvalue weighted by atomic mass is 9.65. The van der Waals surface area contributed by atoms with E-state index in [1.807, 2.05) is 30.5 Å². The van der Waals surface area contributed by atoms with Crippen LogP contribution in [0.15, 0.2) is 30.5 Å². The number of hydrogen-bond acceptors (Lipinski definition) is 2. The van der Waals surface area contributed by atoms with Gasteiger partial charge < -0.3 is 15.6 Å². The van der Waals surface area contributed by atoms with Gasteiger partial charge in [0.15, 0.2) is 0 Å². The van der Waals surface area contributed by atoms with Gasteiger partial charge in [-0.25, -0.2) is 0 Å². The Bertz CT molecular complexity index is 802. The van der Waals surface area contributed by atoms with E-state index in [4.69, 9.17) is 0 Å². The Morgan fingerprint density at radius 3 is 2.65 bits per heavy atom. The van der Waals surface area contributed by atoms with Crippen molar-refractivity contribution in [2.75, 3.05) is 0 Å². The largest absolute Gasteiger partial charge is 0.361 e. The highest BCUT2D eigenvalue weighted by atomic mass is 16.2. The van der Waals surface area contributed by atoms with Crippen molar-refractivity contribution in [2.24, 2.45) is 11.8 Å². The number of fused-ring (bicyclic) bond motifs is 1. The van der Waals surface area contributed by atoms with Gasteiger partial charge in [0.25, 0.3) is 0 Å². The molecule has 2 aromatic rings. The van der Waals surface area contributed by atoms with Crippen LogP contribution in [0.5, 0.6) is 0 Å². The molecule has 1 unspecified atom stereocenters. The smallest absolute Gasteiger partial charge is 0.243 e. The number of nitrogens with one attached hydrogen (secondary N) is 3. The Morgan fingerprint density at radius 1 is 1.19 bits per heavy atom. The molecule has 1 heterocycles. The summed E-state index contributed by atoms with van der Waals surface area (Å²) in [6, 6.07) is 7.76. The molecule has 138 valence electrons. The maximum Gasteiger partial charge on any atom is 0.243 e. The van der Waals surface area contributed by atoms with E-state index in [2.05, 4.69) is 15.6 Å². The molecule has 0 aliphatic heterocycles. The molecule has 2 aliphatic carbocycles. The Morgan fingerprint density at radius 2 is 1.96 bits per heavy atom. The summed E-state index contributed by atoms with van der Waals surface area (Å²) in [4.78, 5) is 27.6. The monoisotopic (exact) mass is 353 g/mol. The highest BCUT2D eigenvalue weighted by Gasteiger charge is 2.38. The average molecular weight is 353 g/mol. The highest BCUT2D eigenvalue weighted by Crippen LogP contribution is 2.43. The number of H-pyrrole nitrogens is 1. The molecule has 0 spiro atoms. The minimum atomic E-state index is -0.533. The molecule has 26 heavy (non-hydrogen) atoms. The van der Waals surface area contributed by atoms with E-state index in [1.54, 1.807) is 0 Å². The van der Waals surface area contributed by atoms with E-state index in [9.17, 15) is 9.59 Å². The zero-order valence-corrected chi connectivity index (χ0v) is 15.3. The lowest BCUT2D eigenvalue weighted by Gasteiger charge is -2.44. The van der Waals surface area contributed by atoms with Crippen LogP contribution in [0.4, 0.5) is 0 Å². The summed E-state index contributed by atoms with van der Waals surface area (Å²) in [5, 5.41) is 7.08. The second-order valence-electron chi connectivity index (χ2n) is 7.94. The van der Waals surface area contributed by atoms with Crippen molar-refractivity contribution < 1.29 is 9.59 Å². The predicted molar refractivity (Wildman–Crippen MR) is 102 cm³/mol. The van der Waals surface area contributed by atoms with Gasteiger partial charge in [-0.05, 0) is 36.3 Å². The topological polar surface area (TPSA) is 74.0 Å². The van der Waals surface area contributed by atoms with E-state index >= 15 is 0 Å². The van der Waals surface area contributed by atoms with Gasteiger partial charge in [0, 0.05) is 36.5 Å². The molecule has 4 rings (SSSR count). The molecule has 2 aliphatic rings. The van der Waals surface area contributed by atoms with Gasteiger partial charge in [-0.3, -0.25) is 9.59 Å². The van der Waals surface area contributed by atoms with E-state index in [0.29, 0.717) is 6.42 Å². The van der Waals surface area contributed by atoms with Gasteiger partial charge in [0.2, 0.25) is 11.8 Å². The van der Waals surface area contributed by atoms with Crippen LogP contribution in [0, 0.1) is 11.8 Å². The van der Waals surface area contributed by atoms with Crippen molar-refractivity contribution in [3.8, 4) is 0 Å². The third-order valence-corrected chi connectivity index (χ3v) is 6.13. The van der Waals surface area contributed by atoms with Crippen molar-refractivity contribution in [1.29, 1.82) is 0 Å². The third kappa shape index (κ3) is 3.48.